The zero-order valence-corrected chi connectivity index (χ0v) is 14.7. The first kappa shape index (κ1) is 17.0. The molecule has 1 aliphatic rings. The molecule has 2 heterocycles. The van der Waals surface area contributed by atoms with E-state index in [1.165, 1.54) is 11.3 Å². The van der Waals surface area contributed by atoms with Gasteiger partial charge in [-0.15, -0.1) is 11.3 Å². The van der Waals surface area contributed by atoms with Crippen LogP contribution in [0.15, 0.2) is 36.4 Å². The van der Waals surface area contributed by atoms with E-state index < -0.39 is 0 Å². The summed E-state index contributed by atoms with van der Waals surface area (Å²) in [5.41, 5.74) is 1.10. The Morgan fingerprint density at radius 1 is 1.29 bits per heavy atom. The van der Waals surface area contributed by atoms with Crippen LogP contribution in [0.25, 0.3) is 10.4 Å². The quantitative estimate of drug-likeness (QED) is 0.841. The number of hydrogen-bond acceptors (Lipinski definition) is 5. The second-order valence-electron chi connectivity index (χ2n) is 5.72. The third-order valence-electron chi connectivity index (χ3n) is 4.11. The Labute approximate surface area is 146 Å². The number of hydrogen-bond donors (Lipinski definition) is 2. The highest BCUT2D eigenvalue weighted by molar-refractivity contribution is 7.17. The summed E-state index contributed by atoms with van der Waals surface area (Å²) < 4.78 is 5.40. The van der Waals surface area contributed by atoms with Crippen LogP contribution in [0.2, 0.25) is 0 Å². The summed E-state index contributed by atoms with van der Waals surface area (Å²) in [5.74, 6) is 0.577. The fourth-order valence-electron chi connectivity index (χ4n) is 2.77. The first-order valence-corrected chi connectivity index (χ1v) is 9.04. The average molecular weight is 345 g/mol. The Hall–Kier alpha value is -1.89. The van der Waals surface area contributed by atoms with Crippen LogP contribution in [0.3, 0.4) is 0 Å². The van der Waals surface area contributed by atoms with Gasteiger partial charge >= 0.3 is 0 Å². The molecule has 1 fully saturated rings. The molecule has 0 radical (unpaired) electrons. The molecule has 3 rings (SSSR count). The molecule has 1 amide bonds. The third kappa shape index (κ3) is 4.14. The summed E-state index contributed by atoms with van der Waals surface area (Å²) >= 11 is 1.47. The molecule has 5 nitrogen and oxygen atoms in total. The molecule has 0 bridgehead atoms. The normalized spacial score (nSPS) is 15.2. The highest BCUT2D eigenvalue weighted by Gasteiger charge is 2.18. The molecule has 0 saturated carbocycles. The number of nitrogens with zero attached hydrogens (tertiary/aromatic N) is 1. The lowest BCUT2D eigenvalue weighted by Gasteiger charge is -2.27. The van der Waals surface area contributed by atoms with Gasteiger partial charge in [0.1, 0.15) is 10.6 Å². The van der Waals surface area contributed by atoms with Crippen molar-refractivity contribution in [1.29, 1.82) is 0 Å². The topological polar surface area (TPSA) is 53.6 Å². The van der Waals surface area contributed by atoms with Crippen molar-refractivity contribution in [3.05, 3.63) is 41.3 Å². The lowest BCUT2D eigenvalue weighted by Crippen LogP contribution is -2.46. The number of amides is 1. The fourth-order valence-corrected chi connectivity index (χ4v) is 3.82. The SMILES string of the molecule is COc1cc(-c2ccccc2)sc1C(=O)NCCN1CCNCC1. The Morgan fingerprint density at radius 3 is 2.75 bits per heavy atom. The zero-order chi connectivity index (χ0) is 16.8. The highest BCUT2D eigenvalue weighted by Crippen LogP contribution is 2.36. The van der Waals surface area contributed by atoms with Gasteiger partial charge in [-0.3, -0.25) is 9.69 Å². The Balaban J connectivity index is 1.62. The highest BCUT2D eigenvalue weighted by atomic mass is 32.1. The van der Waals surface area contributed by atoms with E-state index in [0.29, 0.717) is 17.2 Å². The monoisotopic (exact) mass is 345 g/mol. The van der Waals surface area contributed by atoms with Gasteiger partial charge in [-0.1, -0.05) is 30.3 Å². The molecule has 1 saturated heterocycles. The number of nitrogens with one attached hydrogen (secondary N) is 2. The number of ether oxygens (including phenoxy) is 1. The van der Waals surface area contributed by atoms with Gasteiger partial charge in [-0.2, -0.15) is 0 Å². The maximum absolute atomic E-state index is 12.5. The zero-order valence-electron chi connectivity index (χ0n) is 13.9. The van der Waals surface area contributed by atoms with Gasteiger partial charge in [0.15, 0.2) is 0 Å². The van der Waals surface area contributed by atoms with Crippen molar-refractivity contribution in [2.24, 2.45) is 0 Å². The lowest BCUT2D eigenvalue weighted by molar-refractivity contribution is 0.0948. The minimum absolute atomic E-state index is 0.0610. The van der Waals surface area contributed by atoms with Gasteiger partial charge in [0.2, 0.25) is 0 Å². The molecule has 6 heteroatoms. The number of rotatable bonds is 6. The number of methoxy groups -OCH3 is 1. The largest absolute Gasteiger partial charge is 0.495 e. The number of thiophene rings is 1. The Bertz CT molecular complexity index is 666. The minimum Gasteiger partial charge on any atom is -0.495 e. The lowest BCUT2D eigenvalue weighted by atomic mass is 10.2. The summed E-state index contributed by atoms with van der Waals surface area (Å²) in [6, 6.07) is 12.0. The third-order valence-corrected chi connectivity index (χ3v) is 5.27. The number of carbonyl (C=O) groups excluding carboxylic acids is 1. The van der Waals surface area contributed by atoms with Crippen LogP contribution in [0.4, 0.5) is 0 Å². The number of benzene rings is 1. The van der Waals surface area contributed by atoms with Crippen LogP contribution in [0.5, 0.6) is 5.75 Å². The number of piperazine rings is 1. The van der Waals surface area contributed by atoms with E-state index in [4.69, 9.17) is 4.74 Å². The van der Waals surface area contributed by atoms with E-state index in [1.54, 1.807) is 7.11 Å². The van der Waals surface area contributed by atoms with Crippen LogP contribution < -0.4 is 15.4 Å². The first-order valence-electron chi connectivity index (χ1n) is 8.22. The Morgan fingerprint density at radius 2 is 2.04 bits per heavy atom. The summed E-state index contributed by atoms with van der Waals surface area (Å²) in [5, 5.41) is 6.34. The van der Waals surface area contributed by atoms with Crippen LogP contribution in [0, 0.1) is 0 Å². The minimum atomic E-state index is -0.0610. The smallest absolute Gasteiger partial charge is 0.265 e. The second-order valence-corrected chi connectivity index (χ2v) is 6.77. The molecule has 2 N–H and O–H groups in total. The maximum atomic E-state index is 12.5. The molecule has 128 valence electrons. The predicted molar refractivity (Wildman–Crippen MR) is 97.9 cm³/mol. The average Bonchev–Trinajstić information content (AvgIpc) is 3.08. The molecule has 0 unspecified atom stereocenters. The van der Waals surface area contributed by atoms with Crippen molar-refractivity contribution in [1.82, 2.24) is 15.5 Å². The van der Waals surface area contributed by atoms with Crippen molar-refractivity contribution in [3.8, 4) is 16.2 Å². The molecule has 2 aromatic rings. The van der Waals surface area contributed by atoms with Crippen LogP contribution in [0.1, 0.15) is 9.67 Å². The van der Waals surface area contributed by atoms with Gasteiger partial charge in [0.25, 0.3) is 5.91 Å². The molecule has 0 aliphatic carbocycles. The summed E-state index contributed by atoms with van der Waals surface area (Å²) in [4.78, 5) is 16.5. The predicted octanol–water partition coefficient (Wildman–Crippen LogP) is 2.06. The van der Waals surface area contributed by atoms with Crippen molar-refractivity contribution in [2.75, 3.05) is 46.4 Å². The van der Waals surface area contributed by atoms with Crippen molar-refractivity contribution in [3.63, 3.8) is 0 Å². The molecule has 24 heavy (non-hydrogen) atoms. The van der Waals surface area contributed by atoms with E-state index in [1.807, 2.05) is 36.4 Å². The fraction of sp³-hybridized carbons (Fsp3) is 0.389. The summed E-state index contributed by atoms with van der Waals surface area (Å²) in [6.45, 7) is 5.65. The van der Waals surface area contributed by atoms with Gasteiger partial charge in [-0.05, 0) is 11.6 Å². The van der Waals surface area contributed by atoms with E-state index >= 15 is 0 Å². The molecule has 1 aliphatic heterocycles. The molecule has 0 spiro atoms. The van der Waals surface area contributed by atoms with Crippen LogP contribution in [-0.2, 0) is 0 Å². The molecule has 1 aromatic heterocycles. The molecule has 0 atom stereocenters. The maximum Gasteiger partial charge on any atom is 0.265 e. The second kappa shape index (κ2) is 8.28. The summed E-state index contributed by atoms with van der Waals surface area (Å²) in [6.07, 6.45) is 0. The molecular formula is C18H23N3O2S. The van der Waals surface area contributed by atoms with E-state index in [0.717, 1.165) is 43.2 Å². The molecule has 1 aromatic carbocycles. The van der Waals surface area contributed by atoms with Crippen molar-refractivity contribution in [2.45, 2.75) is 0 Å². The standard InChI is InChI=1S/C18H23N3O2S/c1-23-15-13-16(14-5-3-2-4-6-14)24-17(15)18(22)20-9-12-21-10-7-19-8-11-21/h2-6,13,19H,7-12H2,1H3,(H,20,22). The summed E-state index contributed by atoms with van der Waals surface area (Å²) in [7, 11) is 1.61. The van der Waals surface area contributed by atoms with Gasteiger partial charge < -0.3 is 15.4 Å². The van der Waals surface area contributed by atoms with Crippen LogP contribution >= 0.6 is 11.3 Å². The first-order chi connectivity index (χ1) is 11.8. The van der Waals surface area contributed by atoms with Crippen LogP contribution in [-0.4, -0.2) is 57.2 Å². The Kier molecular flexibility index (Phi) is 5.85. The molecular weight excluding hydrogens is 322 g/mol. The van der Waals surface area contributed by atoms with E-state index in [9.17, 15) is 4.79 Å². The van der Waals surface area contributed by atoms with Gasteiger partial charge in [-0.25, -0.2) is 0 Å². The van der Waals surface area contributed by atoms with Gasteiger partial charge in [0, 0.05) is 44.1 Å². The van der Waals surface area contributed by atoms with Gasteiger partial charge in [0.05, 0.1) is 7.11 Å². The number of carbonyl (C=O) groups is 1. The van der Waals surface area contributed by atoms with Crippen molar-refractivity contribution < 1.29 is 9.53 Å². The van der Waals surface area contributed by atoms with E-state index in [2.05, 4.69) is 15.5 Å². The van der Waals surface area contributed by atoms with E-state index in [-0.39, 0.29) is 5.91 Å². The van der Waals surface area contributed by atoms with Crippen molar-refractivity contribution >= 4 is 17.2 Å².